The van der Waals surface area contributed by atoms with Gasteiger partial charge in [0, 0.05) is 6.04 Å². The van der Waals surface area contributed by atoms with Gasteiger partial charge in [-0.05, 0) is 37.6 Å². The molecule has 0 aliphatic rings. The summed E-state index contributed by atoms with van der Waals surface area (Å²) >= 11 is 0. The first-order chi connectivity index (χ1) is 8.77. The average Bonchev–Trinajstić information content (AvgIpc) is 2.42. The van der Waals surface area contributed by atoms with E-state index in [9.17, 15) is 0 Å². The Balaban J connectivity index is 2.25. The van der Waals surface area contributed by atoms with Crippen LogP contribution in [-0.4, -0.2) is 13.7 Å². The van der Waals surface area contributed by atoms with E-state index in [1.165, 1.54) is 37.7 Å². The molecule has 0 bridgehead atoms. The maximum absolute atomic E-state index is 5.25. The molecule has 1 aromatic carbocycles. The van der Waals surface area contributed by atoms with Crippen molar-refractivity contribution in [3.05, 3.63) is 29.8 Å². The second kappa shape index (κ2) is 8.98. The fourth-order valence-corrected chi connectivity index (χ4v) is 2.08. The summed E-state index contributed by atoms with van der Waals surface area (Å²) in [7, 11) is 1.71. The van der Waals surface area contributed by atoms with Gasteiger partial charge in [0.2, 0.25) is 0 Å². The molecule has 2 heteroatoms. The number of nitrogens with one attached hydrogen (secondary N) is 1. The zero-order chi connectivity index (χ0) is 13.2. The van der Waals surface area contributed by atoms with Crippen LogP contribution in [0.15, 0.2) is 24.3 Å². The van der Waals surface area contributed by atoms with Crippen molar-refractivity contribution in [3.8, 4) is 5.75 Å². The van der Waals surface area contributed by atoms with E-state index in [2.05, 4.69) is 31.3 Å². The van der Waals surface area contributed by atoms with Crippen LogP contribution < -0.4 is 10.1 Å². The Bertz CT molecular complexity index is 325. The van der Waals surface area contributed by atoms with Gasteiger partial charge in [-0.3, -0.25) is 0 Å². The summed E-state index contributed by atoms with van der Waals surface area (Å²) in [4.78, 5) is 0. The second-order valence-corrected chi connectivity index (χ2v) is 4.87. The van der Waals surface area contributed by atoms with Crippen LogP contribution in [0.5, 0.6) is 5.75 Å². The fraction of sp³-hybridized carbons (Fsp3) is 0.625. The van der Waals surface area contributed by atoms with Gasteiger partial charge in [0.1, 0.15) is 5.75 Å². The average molecular weight is 249 g/mol. The highest BCUT2D eigenvalue weighted by Gasteiger charge is 2.04. The van der Waals surface area contributed by atoms with Crippen LogP contribution in [0.4, 0.5) is 0 Å². The molecule has 0 saturated carbocycles. The summed E-state index contributed by atoms with van der Waals surface area (Å²) in [6.07, 6.45) is 6.66. The fourth-order valence-electron chi connectivity index (χ4n) is 2.08. The highest BCUT2D eigenvalue weighted by atomic mass is 16.5. The Morgan fingerprint density at radius 1 is 1.17 bits per heavy atom. The first kappa shape index (κ1) is 15.0. The highest BCUT2D eigenvalue weighted by Crippen LogP contribution is 2.18. The molecule has 0 saturated heterocycles. The van der Waals surface area contributed by atoms with E-state index in [1.807, 2.05) is 12.1 Å². The Kier molecular flexibility index (Phi) is 7.51. The van der Waals surface area contributed by atoms with Crippen molar-refractivity contribution >= 4 is 0 Å². The second-order valence-electron chi connectivity index (χ2n) is 4.87. The number of benzene rings is 1. The lowest BCUT2D eigenvalue weighted by atomic mass is 10.1. The van der Waals surface area contributed by atoms with Crippen LogP contribution in [-0.2, 0) is 0 Å². The first-order valence-electron chi connectivity index (χ1n) is 7.15. The van der Waals surface area contributed by atoms with Crippen molar-refractivity contribution in [2.24, 2.45) is 0 Å². The van der Waals surface area contributed by atoms with E-state index >= 15 is 0 Å². The lowest BCUT2D eigenvalue weighted by molar-refractivity contribution is 0.413. The minimum Gasteiger partial charge on any atom is -0.497 e. The summed E-state index contributed by atoms with van der Waals surface area (Å²) < 4.78 is 5.25. The van der Waals surface area contributed by atoms with Crippen molar-refractivity contribution < 1.29 is 4.74 Å². The molecule has 0 amide bonds. The van der Waals surface area contributed by atoms with Crippen LogP contribution >= 0.6 is 0 Å². The lowest BCUT2D eigenvalue weighted by Crippen LogP contribution is -2.19. The molecule has 0 radical (unpaired) electrons. The van der Waals surface area contributed by atoms with Crippen LogP contribution in [0, 0.1) is 0 Å². The van der Waals surface area contributed by atoms with E-state index in [0.29, 0.717) is 6.04 Å². The monoisotopic (exact) mass is 249 g/mol. The van der Waals surface area contributed by atoms with Gasteiger partial charge in [0.25, 0.3) is 0 Å². The normalized spacial score (nSPS) is 12.4. The molecular weight excluding hydrogens is 222 g/mol. The third-order valence-electron chi connectivity index (χ3n) is 3.32. The maximum atomic E-state index is 5.25. The zero-order valence-electron chi connectivity index (χ0n) is 12.0. The van der Waals surface area contributed by atoms with Crippen LogP contribution in [0.3, 0.4) is 0 Å². The van der Waals surface area contributed by atoms with Crippen molar-refractivity contribution in [1.29, 1.82) is 0 Å². The van der Waals surface area contributed by atoms with Crippen LogP contribution in [0.2, 0.25) is 0 Å². The highest BCUT2D eigenvalue weighted by molar-refractivity contribution is 5.30. The molecule has 1 N–H and O–H groups in total. The molecule has 0 heterocycles. The lowest BCUT2D eigenvalue weighted by Gasteiger charge is -2.15. The Morgan fingerprint density at radius 2 is 1.94 bits per heavy atom. The maximum Gasteiger partial charge on any atom is 0.119 e. The van der Waals surface area contributed by atoms with Gasteiger partial charge in [-0.15, -0.1) is 0 Å². The van der Waals surface area contributed by atoms with Gasteiger partial charge in [0.15, 0.2) is 0 Å². The molecule has 0 aliphatic carbocycles. The quantitative estimate of drug-likeness (QED) is 0.658. The smallest absolute Gasteiger partial charge is 0.119 e. The van der Waals surface area contributed by atoms with E-state index < -0.39 is 0 Å². The van der Waals surface area contributed by atoms with E-state index in [-0.39, 0.29) is 0 Å². The standard InChI is InChI=1S/C16H27NO/c1-4-5-6-7-8-12-17-14(2)15-10-9-11-16(13-15)18-3/h9-11,13-14,17H,4-8,12H2,1-3H3/t14-/m0/s1. The molecule has 0 fully saturated rings. The number of methoxy groups -OCH3 is 1. The van der Waals surface area contributed by atoms with E-state index in [1.54, 1.807) is 7.11 Å². The Labute approximate surface area is 112 Å². The molecule has 0 spiro atoms. The molecule has 1 rings (SSSR count). The Morgan fingerprint density at radius 3 is 2.67 bits per heavy atom. The van der Waals surface area contributed by atoms with Crippen molar-refractivity contribution in [3.63, 3.8) is 0 Å². The summed E-state index contributed by atoms with van der Waals surface area (Å²) in [5, 5.41) is 3.57. The summed E-state index contributed by atoms with van der Waals surface area (Å²) in [5.41, 5.74) is 1.29. The van der Waals surface area contributed by atoms with Gasteiger partial charge in [-0.2, -0.15) is 0 Å². The molecule has 18 heavy (non-hydrogen) atoms. The molecular formula is C16H27NO. The predicted molar refractivity (Wildman–Crippen MR) is 78.2 cm³/mol. The molecule has 2 nitrogen and oxygen atoms in total. The predicted octanol–water partition coefficient (Wildman–Crippen LogP) is 4.32. The number of hydrogen-bond acceptors (Lipinski definition) is 2. The van der Waals surface area contributed by atoms with Crippen molar-refractivity contribution in [2.75, 3.05) is 13.7 Å². The molecule has 0 aromatic heterocycles. The molecule has 0 unspecified atom stereocenters. The third-order valence-corrected chi connectivity index (χ3v) is 3.32. The molecule has 1 atom stereocenters. The van der Waals surface area contributed by atoms with Crippen molar-refractivity contribution in [2.45, 2.75) is 52.0 Å². The van der Waals surface area contributed by atoms with E-state index in [4.69, 9.17) is 4.74 Å². The number of rotatable bonds is 9. The number of unbranched alkanes of at least 4 members (excludes halogenated alkanes) is 4. The third kappa shape index (κ3) is 5.54. The Hall–Kier alpha value is -1.02. The summed E-state index contributed by atoms with van der Waals surface area (Å²) in [6.45, 7) is 5.56. The zero-order valence-corrected chi connectivity index (χ0v) is 12.0. The minimum atomic E-state index is 0.395. The number of ether oxygens (including phenoxy) is 1. The summed E-state index contributed by atoms with van der Waals surface area (Å²) in [6, 6.07) is 8.69. The van der Waals surface area contributed by atoms with Gasteiger partial charge < -0.3 is 10.1 Å². The van der Waals surface area contributed by atoms with Gasteiger partial charge in [0.05, 0.1) is 7.11 Å². The SMILES string of the molecule is CCCCCCCN[C@@H](C)c1cccc(OC)c1. The molecule has 1 aromatic rings. The van der Waals surface area contributed by atoms with Crippen LogP contribution in [0.1, 0.15) is 57.6 Å². The molecule has 102 valence electrons. The van der Waals surface area contributed by atoms with Gasteiger partial charge >= 0.3 is 0 Å². The van der Waals surface area contributed by atoms with Gasteiger partial charge in [-0.1, -0.05) is 44.7 Å². The molecule has 0 aliphatic heterocycles. The topological polar surface area (TPSA) is 21.3 Å². The van der Waals surface area contributed by atoms with Gasteiger partial charge in [-0.25, -0.2) is 0 Å². The largest absolute Gasteiger partial charge is 0.497 e. The minimum absolute atomic E-state index is 0.395. The van der Waals surface area contributed by atoms with Crippen LogP contribution in [0.25, 0.3) is 0 Å². The summed E-state index contributed by atoms with van der Waals surface area (Å²) in [5.74, 6) is 0.934. The number of hydrogen-bond donors (Lipinski definition) is 1. The van der Waals surface area contributed by atoms with Crippen molar-refractivity contribution in [1.82, 2.24) is 5.32 Å². The van der Waals surface area contributed by atoms with E-state index in [0.717, 1.165) is 12.3 Å². The first-order valence-corrected chi connectivity index (χ1v) is 7.15.